The van der Waals surface area contributed by atoms with Gasteiger partial charge in [-0.1, -0.05) is 177 Å². The summed E-state index contributed by atoms with van der Waals surface area (Å²) in [6.45, 7) is 4.58. The van der Waals surface area contributed by atoms with E-state index < -0.39 is 18.1 Å². The number of ether oxygens (including phenoxy) is 3. The highest BCUT2D eigenvalue weighted by Gasteiger charge is 2.25. The van der Waals surface area contributed by atoms with Gasteiger partial charge in [0.25, 0.3) is 0 Å². The Kier molecular flexibility index (Phi) is 40.2. The third kappa shape index (κ3) is 40.2. The van der Waals surface area contributed by atoms with Crippen molar-refractivity contribution in [1.29, 1.82) is 0 Å². The number of allylic oxidation sites excluding steroid dienone is 12. The topological polar surface area (TPSA) is 102 Å². The summed E-state index contributed by atoms with van der Waals surface area (Å²) < 4.78 is 17.2. The quantitative estimate of drug-likeness (QED) is 0.0261. The number of rotatable bonds is 42. The number of esters is 2. The fraction of sp³-hybridized carbons (Fsp3) is 0.712. The number of aliphatic carboxylic acids is 1. The van der Waals surface area contributed by atoms with E-state index in [1.54, 1.807) is 21.1 Å². The van der Waals surface area contributed by atoms with Crippen LogP contribution in [-0.4, -0.2) is 75.5 Å². The molecule has 2 unspecified atom stereocenters. The first-order valence-corrected chi connectivity index (χ1v) is 24.0. The molecule has 0 aromatic rings. The normalized spacial score (nSPS) is 13.6. The Morgan fingerprint density at radius 2 is 0.883 bits per heavy atom. The number of hydrogen-bond donors (Lipinski definition) is 0. The van der Waals surface area contributed by atoms with Gasteiger partial charge in [0.05, 0.1) is 40.3 Å². The van der Waals surface area contributed by atoms with Crippen LogP contribution >= 0.6 is 0 Å². The van der Waals surface area contributed by atoms with Crippen molar-refractivity contribution in [2.75, 3.05) is 41.0 Å². The van der Waals surface area contributed by atoms with Crippen molar-refractivity contribution in [3.05, 3.63) is 72.9 Å². The van der Waals surface area contributed by atoms with Crippen molar-refractivity contribution < 1.29 is 38.2 Å². The smallest absolute Gasteiger partial charge is 0.306 e. The lowest BCUT2D eigenvalue weighted by molar-refractivity contribution is -0.889. The van der Waals surface area contributed by atoms with Gasteiger partial charge in [0.1, 0.15) is 12.6 Å². The summed E-state index contributed by atoms with van der Waals surface area (Å²) in [7, 11) is 5.39. The molecule has 0 bridgehead atoms. The first kappa shape index (κ1) is 56.8. The Morgan fingerprint density at radius 3 is 1.28 bits per heavy atom. The number of carboxylic acid groups (broad SMARTS) is 1. The third-order valence-corrected chi connectivity index (χ3v) is 10.4. The van der Waals surface area contributed by atoms with Gasteiger partial charge in [-0.3, -0.25) is 9.59 Å². The Balaban J connectivity index is 4.41. The second-order valence-electron chi connectivity index (χ2n) is 17.1. The highest BCUT2D eigenvalue weighted by molar-refractivity contribution is 5.70. The van der Waals surface area contributed by atoms with Crippen LogP contribution in [-0.2, 0) is 28.6 Å². The molecule has 0 aromatic carbocycles. The maximum Gasteiger partial charge on any atom is 0.306 e. The molecule has 0 aliphatic carbocycles. The molecule has 8 nitrogen and oxygen atoms in total. The molecule has 0 saturated carbocycles. The fourth-order valence-corrected chi connectivity index (χ4v) is 6.66. The number of nitrogens with zero attached hydrogens (tertiary/aromatic N) is 1. The minimum atomic E-state index is -1.13. The van der Waals surface area contributed by atoms with Crippen LogP contribution in [0.2, 0.25) is 0 Å². The molecule has 0 fully saturated rings. The predicted octanol–water partition coefficient (Wildman–Crippen LogP) is 12.2. The highest BCUT2D eigenvalue weighted by Crippen LogP contribution is 2.13. The molecule has 0 heterocycles. The zero-order valence-electron chi connectivity index (χ0n) is 39.1. The Hall–Kier alpha value is -3.23. The highest BCUT2D eigenvalue weighted by atomic mass is 16.6. The molecule has 0 spiro atoms. The molecule has 0 amide bonds. The Labute approximate surface area is 368 Å². The largest absolute Gasteiger partial charge is 0.544 e. The number of carboxylic acids is 1. The molecule has 8 heteroatoms. The van der Waals surface area contributed by atoms with Crippen LogP contribution in [0.1, 0.15) is 187 Å². The maximum absolute atomic E-state index is 12.7. The molecule has 0 saturated heterocycles. The Morgan fingerprint density at radius 1 is 0.500 bits per heavy atom. The average Bonchev–Trinajstić information content (AvgIpc) is 3.21. The molecular weight excluding hydrogens is 751 g/mol. The molecule has 2 atom stereocenters. The SMILES string of the molecule is CCCCCCC/C=C/C=C/C=C/CCCCCCCC(=O)OCC(COCCC(C(=O)[O-])[N+](C)(C)C)OC(=O)CCCCCCC/C=C/C=C/C=C/CCCCCCC. The molecule has 0 aliphatic heterocycles. The maximum atomic E-state index is 12.7. The summed E-state index contributed by atoms with van der Waals surface area (Å²) in [5.41, 5.74) is 0. The van der Waals surface area contributed by atoms with Gasteiger partial charge >= 0.3 is 11.9 Å². The second kappa shape index (κ2) is 42.5. The van der Waals surface area contributed by atoms with Gasteiger partial charge in [-0.05, 0) is 64.2 Å². The number of carbonyl (C=O) groups is 3. The molecule has 0 aromatic heterocycles. The van der Waals surface area contributed by atoms with Crippen LogP contribution in [0.3, 0.4) is 0 Å². The van der Waals surface area contributed by atoms with Crippen molar-refractivity contribution in [2.45, 2.75) is 199 Å². The second-order valence-corrected chi connectivity index (χ2v) is 17.1. The van der Waals surface area contributed by atoms with Gasteiger partial charge in [-0.15, -0.1) is 0 Å². The first-order valence-electron chi connectivity index (χ1n) is 24.0. The minimum absolute atomic E-state index is 0.0220. The lowest BCUT2D eigenvalue weighted by Gasteiger charge is -2.34. The molecule has 344 valence electrons. The van der Waals surface area contributed by atoms with Crippen LogP contribution in [0.25, 0.3) is 0 Å². The first-order chi connectivity index (χ1) is 29.1. The minimum Gasteiger partial charge on any atom is -0.544 e. The lowest BCUT2D eigenvalue weighted by atomic mass is 10.1. The van der Waals surface area contributed by atoms with Gasteiger partial charge in [0.15, 0.2) is 6.10 Å². The molecule has 0 radical (unpaired) electrons. The fourth-order valence-electron chi connectivity index (χ4n) is 6.66. The summed E-state index contributed by atoms with van der Waals surface area (Å²) >= 11 is 0. The zero-order valence-corrected chi connectivity index (χ0v) is 39.1. The molecule has 0 aliphatic rings. The van der Waals surface area contributed by atoms with Crippen LogP contribution in [0.4, 0.5) is 0 Å². The van der Waals surface area contributed by atoms with Crippen LogP contribution in [0.5, 0.6) is 0 Å². The van der Waals surface area contributed by atoms with Gasteiger partial charge < -0.3 is 28.6 Å². The van der Waals surface area contributed by atoms with Crippen molar-refractivity contribution in [2.24, 2.45) is 0 Å². The average molecular weight is 840 g/mol. The number of quaternary nitrogens is 1. The van der Waals surface area contributed by atoms with Gasteiger partial charge in [0, 0.05) is 19.3 Å². The number of likely N-dealkylation sites (N-methyl/N-ethyl adjacent to an activating group) is 1. The van der Waals surface area contributed by atoms with Crippen molar-refractivity contribution >= 4 is 17.9 Å². The summed E-state index contributed by atoms with van der Waals surface area (Å²) in [6.07, 6.45) is 53.5. The van der Waals surface area contributed by atoms with E-state index in [1.807, 2.05) is 0 Å². The molecular formula is C52H89NO7. The summed E-state index contributed by atoms with van der Waals surface area (Å²) in [6, 6.07) is -0.737. The van der Waals surface area contributed by atoms with E-state index in [4.69, 9.17) is 14.2 Å². The van der Waals surface area contributed by atoms with Crippen LogP contribution < -0.4 is 5.11 Å². The van der Waals surface area contributed by atoms with Crippen molar-refractivity contribution in [3.8, 4) is 0 Å². The van der Waals surface area contributed by atoms with E-state index in [0.29, 0.717) is 12.8 Å². The summed E-state index contributed by atoms with van der Waals surface area (Å²) in [5, 5.41) is 11.6. The van der Waals surface area contributed by atoms with E-state index in [0.717, 1.165) is 89.9 Å². The molecule has 0 rings (SSSR count). The summed E-state index contributed by atoms with van der Waals surface area (Å²) in [5.74, 6) is -1.79. The van der Waals surface area contributed by atoms with Crippen molar-refractivity contribution in [3.63, 3.8) is 0 Å². The number of hydrogen-bond acceptors (Lipinski definition) is 7. The number of unbranched alkanes of at least 4 members (excludes halogenated alkanes) is 20. The standard InChI is InChI=1S/C52H89NO7/c1-6-8-10-12-14-16-18-20-22-24-26-28-30-32-34-36-38-40-42-50(54)59-47-48(46-58-45-44-49(52(56)57)53(3,4)5)60-51(55)43-41-39-37-35-33-31-29-27-25-23-21-19-17-15-13-11-9-7-2/h18-29,48-49H,6-17,30-47H2,1-5H3/b20-18+,21-19+,24-22+,25-23+,28-26+,29-27+. The van der Waals surface area contributed by atoms with E-state index in [-0.39, 0.29) is 42.7 Å². The van der Waals surface area contributed by atoms with Gasteiger partial charge in [0.2, 0.25) is 0 Å². The molecule has 0 N–H and O–H groups in total. The van der Waals surface area contributed by atoms with E-state index in [1.165, 1.54) is 64.2 Å². The lowest BCUT2D eigenvalue weighted by Crippen LogP contribution is -2.55. The predicted molar refractivity (Wildman–Crippen MR) is 249 cm³/mol. The van der Waals surface area contributed by atoms with Gasteiger partial charge in [-0.25, -0.2) is 0 Å². The van der Waals surface area contributed by atoms with Gasteiger partial charge in [-0.2, -0.15) is 0 Å². The van der Waals surface area contributed by atoms with E-state index in [9.17, 15) is 19.5 Å². The van der Waals surface area contributed by atoms with Crippen LogP contribution in [0, 0.1) is 0 Å². The number of carbonyl (C=O) groups excluding carboxylic acids is 3. The van der Waals surface area contributed by atoms with Crippen molar-refractivity contribution in [1.82, 2.24) is 0 Å². The van der Waals surface area contributed by atoms with E-state index >= 15 is 0 Å². The zero-order chi connectivity index (χ0) is 44.2. The molecule has 60 heavy (non-hydrogen) atoms. The summed E-state index contributed by atoms with van der Waals surface area (Å²) in [4.78, 5) is 36.9. The Bertz CT molecular complexity index is 1210. The van der Waals surface area contributed by atoms with Crippen LogP contribution in [0.15, 0.2) is 72.9 Å². The van der Waals surface area contributed by atoms with E-state index in [2.05, 4.69) is 86.8 Å². The monoisotopic (exact) mass is 840 g/mol. The third-order valence-electron chi connectivity index (χ3n) is 10.4.